The number of aromatic nitrogens is 2. The first-order valence-corrected chi connectivity index (χ1v) is 12.0. The monoisotopic (exact) mass is 486 g/mol. The third-order valence-corrected chi connectivity index (χ3v) is 5.68. The maximum Gasteiger partial charge on any atom is 0.229 e. The van der Waals surface area contributed by atoms with Gasteiger partial charge < -0.3 is 19.5 Å². The molecule has 1 heterocycles. The van der Waals surface area contributed by atoms with Gasteiger partial charge in [0.05, 0.1) is 0 Å². The molecular formula is C26H24N5O3S-. The Morgan fingerprint density at radius 2 is 1.60 bits per heavy atom. The Labute approximate surface area is 206 Å². The average molecular weight is 487 g/mol. The largest absolute Gasteiger partial charge is 0.755 e. The van der Waals surface area contributed by atoms with Crippen LogP contribution in [0.4, 0.5) is 28.8 Å². The summed E-state index contributed by atoms with van der Waals surface area (Å²) in [5.74, 6) is 1.22. The summed E-state index contributed by atoms with van der Waals surface area (Å²) in [6, 6.07) is 26.2. The first-order chi connectivity index (χ1) is 17.0. The second-order valence-corrected chi connectivity index (χ2v) is 8.56. The highest BCUT2D eigenvalue weighted by Gasteiger charge is 2.10. The van der Waals surface area contributed by atoms with E-state index in [1.165, 1.54) is 0 Å². The van der Waals surface area contributed by atoms with Crippen LogP contribution in [0.15, 0.2) is 91.1 Å². The van der Waals surface area contributed by atoms with Gasteiger partial charge in [-0.05, 0) is 47.5 Å². The summed E-state index contributed by atoms with van der Waals surface area (Å²) in [4.78, 5) is 23.1. The smallest absolute Gasteiger partial charge is 0.229 e. The molecule has 1 aromatic heterocycles. The van der Waals surface area contributed by atoms with Gasteiger partial charge in [0, 0.05) is 54.4 Å². The third-order valence-electron chi connectivity index (χ3n) is 5.27. The number of nitrogens with one attached hydrogen (secondary N) is 2. The fourth-order valence-corrected chi connectivity index (χ4v) is 3.88. The first-order valence-electron chi connectivity index (χ1n) is 10.9. The van der Waals surface area contributed by atoms with E-state index in [0.717, 1.165) is 16.8 Å². The maximum atomic E-state index is 12.4. The number of carbonyl (C=O) groups is 1. The van der Waals surface area contributed by atoms with Gasteiger partial charge in [-0.1, -0.05) is 48.5 Å². The van der Waals surface area contributed by atoms with Gasteiger partial charge in [-0.25, -0.2) is 4.98 Å². The molecule has 0 amide bonds. The molecule has 0 saturated heterocycles. The first kappa shape index (κ1) is 24.1. The number of hydrogen-bond donors (Lipinski definition) is 2. The van der Waals surface area contributed by atoms with Crippen LogP contribution in [0.5, 0.6) is 0 Å². The van der Waals surface area contributed by atoms with Gasteiger partial charge in [-0.2, -0.15) is 4.98 Å². The van der Waals surface area contributed by atoms with Crippen LogP contribution in [0.1, 0.15) is 11.1 Å². The molecular weight excluding hydrogens is 462 g/mol. The van der Waals surface area contributed by atoms with Crippen LogP contribution in [0.25, 0.3) is 0 Å². The van der Waals surface area contributed by atoms with Gasteiger partial charge in [-0.3, -0.25) is 9.00 Å². The normalized spacial score (nSPS) is 11.5. The number of benzene rings is 3. The van der Waals surface area contributed by atoms with Gasteiger partial charge in [0.2, 0.25) is 5.95 Å². The molecule has 0 saturated carbocycles. The average Bonchev–Trinajstić information content (AvgIpc) is 2.85. The predicted molar refractivity (Wildman–Crippen MR) is 138 cm³/mol. The minimum atomic E-state index is -2.40. The van der Waals surface area contributed by atoms with Crippen LogP contribution < -0.4 is 14.9 Å². The molecule has 0 aliphatic rings. The van der Waals surface area contributed by atoms with Gasteiger partial charge in [-0.15, -0.1) is 0 Å². The molecule has 2 N–H and O–H groups in total. The van der Waals surface area contributed by atoms with Crippen LogP contribution in [0, 0.1) is 0 Å². The van der Waals surface area contributed by atoms with E-state index in [-0.39, 0.29) is 5.78 Å². The molecule has 0 bridgehead atoms. The molecule has 8 nitrogen and oxygen atoms in total. The lowest BCUT2D eigenvalue weighted by molar-refractivity contribution is -0.117. The quantitative estimate of drug-likeness (QED) is 0.317. The second-order valence-electron chi connectivity index (χ2n) is 7.88. The number of rotatable bonds is 10. The number of Topliss-reactive ketones (excluding diaryl/α,β-unsaturated/α-hetero) is 1. The van der Waals surface area contributed by atoms with Crippen LogP contribution in [-0.2, 0) is 28.9 Å². The van der Waals surface area contributed by atoms with Crippen molar-refractivity contribution in [3.8, 4) is 0 Å². The van der Waals surface area contributed by atoms with Crippen molar-refractivity contribution in [2.24, 2.45) is 0 Å². The number of hydrogen-bond acceptors (Lipinski definition) is 7. The van der Waals surface area contributed by atoms with Crippen molar-refractivity contribution in [1.29, 1.82) is 0 Å². The van der Waals surface area contributed by atoms with Crippen LogP contribution in [0.2, 0.25) is 0 Å². The molecule has 178 valence electrons. The fraction of sp³-hybridized carbons (Fsp3) is 0.115. The van der Waals surface area contributed by atoms with E-state index >= 15 is 0 Å². The maximum absolute atomic E-state index is 12.4. The second kappa shape index (κ2) is 11.4. The summed E-state index contributed by atoms with van der Waals surface area (Å²) in [5, 5.41) is 3.09. The molecule has 1 unspecified atom stereocenters. The number of anilines is 5. The van der Waals surface area contributed by atoms with E-state index in [2.05, 4.69) is 20.0 Å². The summed E-state index contributed by atoms with van der Waals surface area (Å²) in [6.07, 6.45) is 2.45. The van der Waals surface area contributed by atoms with Crippen molar-refractivity contribution >= 4 is 45.9 Å². The molecule has 0 radical (unpaired) electrons. The van der Waals surface area contributed by atoms with Gasteiger partial charge in [0.1, 0.15) is 11.6 Å². The lowest BCUT2D eigenvalue weighted by Gasteiger charge is -2.19. The van der Waals surface area contributed by atoms with Gasteiger partial charge >= 0.3 is 0 Å². The highest BCUT2D eigenvalue weighted by Crippen LogP contribution is 2.24. The van der Waals surface area contributed by atoms with Crippen LogP contribution in [0.3, 0.4) is 0 Å². The van der Waals surface area contributed by atoms with Crippen LogP contribution >= 0.6 is 0 Å². The molecule has 4 aromatic rings. The Morgan fingerprint density at radius 3 is 2.31 bits per heavy atom. The zero-order valence-corrected chi connectivity index (χ0v) is 19.9. The zero-order valence-electron chi connectivity index (χ0n) is 19.0. The van der Waals surface area contributed by atoms with E-state index in [1.807, 2.05) is 66.5 Å². The summed E-state index contributed by atoms with van der Waals surface area (Å²) in [7, 11) is 1.90. The zero-order chi connectivity index (χ0) is 24.6. The van der Waals surface area contributed by atoms with Crippen molar-refractivity contribution in [2.75, 3.05) is 22.0 Å². The minimum absolute atomic E-state index is 0.171. The van der Waals surface area contributed by atoms with Crippen molar-refractivity contribution in [2.45, 2.75) is 12.8 Å². The van der Waals surface area contributed by atoms with Crippen molar-refractivity contribution in [1.82, 2.24) is 9.97 Å². The Balaban J connectivity index is 1.40. The molecule has 0 spiro atoms. The third kappa shape index (κ3) is 6.95. The fourth-order valence-electron chi connectivity index (χ4n) is 3.57. The molecule has 9 heteroatoms. The lowest BCUT2D eigenvalue weighted by atomic mass is 10.0. The van der Waals surface area contributed by atoms with Crippen LogP contribution in [-0.4, -0.2) is 31.6 Å². The lowest BCUT2D eigenvalue weighted by Crippen LogP contribution is -2.13. The van der Waals surface area contributed by atoms with Crippen molar-refractivity contribution < 1.29 is 13.6 Å². The molecule has 1 atom stereocenters. The summed E-state index contributed by atoms with van der Waals surface area (Å²) < 4.78 is 24.0. The van der Waals surface area contributed by atoms with Crippen molar-refractivity contribution in [3.63, 3.8) is 0 Å². The molecule has 0 aliphatic heterocycles. The molecule has 0 fully saturated rings. The van der Waals surface area contributed by atoms with E-state index in [0.29, 0.717) is 36.0 Å². The molecule has 35 heavy (non-hydrogen) atoms. The SMILES string of the molecule is CN(c1ccc(CC(=O)Cc2ccccc2)cc1)c1ccnc(Nc2cccc(NS(=O)[O-])c2)n1. The van der Waals surface area contributed by atoms with E-state index in [1.54, 1.807) is 36.5 Å². The number of ketones is 1. The highest BCUT2D eigenvalue weighted by molar-refractivity contribution is 7.80. The number of nitrogens with zero attached hydrogens (tertiary/aromatic N) is 3. The minimum Gasteiger partial charge on any atom is -0.755 e. The molecule has 3 aromatic carbocycles. The Kier molecular flexibility index (Phi) is 7.81. The molecule has 0 aliphatic carbocycles. The Morgan fingerprint density at radius 1 is 0.914 bits per heavy atom. The highest BCUT2D eigenvalue weighted by atomic mass is 32.2. The van der Waals surface area contributed by atoms with Gasteiger partial charge in [0.25, 0.3) is 0 Å². The van der Waals surface area contributed by atoms with Crippen molar-refractivity contribution in [3.05, 3.63) is 102 Å². The predicted octanol–water partition coefficient (Wildman–Crippen LogP) is 4.55. The summed E-state index contributed by atoms with van der Waals surface area (Å²) in [5.41, 5.74) is 3.97. The van der Waals surface area contributed by atoms with E-state index in [4.69, 9.17) is 0 Å². The number of carbonyl (C=O) groups excluding carboxylic acids is 1. The Bertz CT molecular complexity index is 1320. The molecule has 4 rings (SSSR count). The Hall–Kier alpha value is -4.08. The topological polar surface area (TPSA) is 110 Å². The van der Waals surface area contributed by atoms with E-state index in [9.17, 15) is 13.6 Å². The van der Waals surface area contributed by atoms with E-state index < -0.39 is 11.3 Å². The standard InChI is InChI=1S/C26H25N5O3S/c1-31(23-12-10-20(11-13-23)17-24(32)16-19-6-3-2-4-7-19)25-14-15-27-26(29-25)28-21-8-5-9-22(18-21)30-35(33)34/h2-15,18,30H,16-17H2,1H3,(H,33,34)(H,27,28,29)/p-1. The summed E-state index contributed by atoms with van der Waals surface area (Å²) >= 11 is -2.40. The summed E-state index contributed by atoms with van der Waals surface area (Å²) in [6.45, 7) is 0. The van der Waals surface area contributed by atoms with Gasteiger partial charge in [0.15, 0.2) is 0 Å².